The number of benzene rings is 1. The number of hydrogen-bond donors (Lipinski definition) is 3. The van der Waals surface area contributed by atoms with E-state index in [1.165, 1.54) is 0 Å². The highest BCUT2D eigenvalue weighted by Crippen LogP contribution is 2.23. The minimum atomic E-state index is 0.147. The topological polar surface area (TPSA) is 122 Å². The Morgan fingerprint density at radius 1 is 1.00 bits per heavy atom. The summed E-state index contributed by atoms with van der Waals surface area (Å²) in [5.74, 6) is 2.57. The van der Waals surface area contributed by atoms with Gasteiger partial charge in [0, 0.05) is 49.2 Å². The van der Waals surface area contributed by atoms with Crippen LogP contribution in [0.15, 0.2) is 73.1 Å². The van der Waals surface area contributed by atoms with Gasteiger partial charge in [-0.2, -0.15) is 4.98 Å². The summed E-state index contributed by atoms with van der Waals surface area (Å²) >= 11 is 0. The maximum Gasteiger partial charge on any atom is 0.229 e. The number of pyridine rings is 1. The molecule has 1 saturated heterocycles. The first-order chi connectivity index (χ1) is 18.1. The van der Waals surface area contributed by atoms with Crippen molar-refractivity contribution in [2.75, 3.05) is 23.7 Å². The molecule has 0 radical (unpaired) electrons. The average molecular weight is 492 g/mol. The summed E-state index contributed by atoms with van der Waals surface area (Å²) in [4.78, 5) is 30.5. The van der Waals surface area contributed by atoms with Crippen LogP contribution in [0, 0.1) is 12.8 Å². The number of hydrogen-bond acceptors (Lipinski definition) is 9. The molecule has 184 valence electrons. The number of rotatable bonds is 8. The maximum absolute atomic E-state index is 12.2. The highest BCUT2D eigenvalue weighted by atomic mass is 16.1. The normalized spacial score (nSPS) is 13.3. The fourth-order valence-corrected chi connectivity index (χ4v) is 4.11. The summed E-state index contributed by atoms with van der Waals surface area (Å²) in [7, 11) is 0. The van der Waals surface area contributed by atoms with Gasteiger partial charge in [-0.25, -0.2) is 19.5 Å². The predicted octanol–water partition coefficient (Wildman–Crippen LogP) is 3.71. The first kappa shape index (κ1) is 22.7. The van der Waals surface area contributed by atoms with E-state index in [0.29, 0.717) is 35.5 Å². The van der Waals surface area contributed by atoms with E-state index in [2.05, 4.69) is 36.0 Å². The molecule has 1 fully saturated rings. The van der Waals surface area contributed by atoms with Gasteiger partial charge in [-0.15, -0.1) is 5.10 Å². The van der Waals surface area contributed by atoms with Crippen LogP contribution in [0.2, 0.25) is 0 Å². The summed E-state index contributed by atoms with van der Waals surface area (Å²) in [6.45, 7) is 3.51. The van der Waals surface area contributed by atoms with Crippen LogP contribution in [-0.2, 0) is 11.2 Å². The van der Waals surface area contributed by atoms with Gasteiger partial charge >= 0.3 is 0 Å². The molecular weight excluding hydrogens is 466 g/mol. The highest BCUT2D eigenvalue weighted by Gasteiger charge is 2.24. The average Bonchev–Trinajstić information content (AvgIpc) is 3.34. The molecule has 1 aliphatic heterocycles. The molecule has 5 heterocycles. The van der Waals surface area contributed by atoms with Crippen LogP contribution in [-0.4, -0.2) is 48.4 Å². The van der Waals surface area contributed by atoms with E-state index in [9.17, 15) is 4.79 Å². The first-order valence-electron chi connectivity index (χ1n) is 12.1. The molecule has 6 rings (SSSR count). The van der Waals surface area contributed by atoms with Gasteiger partial charge in [-0.05, 0) is 55.0 Å². The molecule has 10 nitrogen and oxygen atoms in total. The maximum atomic E-state index is 12.2. The molecular formula is C27H25N9O. The Morgan fingerprint density at radius 2 is 1.86 bits per heavy atom. The molecule has 1 aliphatic rings. The van der Waals surface area contributed by atoms with E-state index in [1.54, 1.807) is 16.8 Å². The van der Waals surface area contributed by atoms with Gasteiger partial charge in [0.2, 0.25) is 11.8 Å². The smallest absolute Gasteiger partial charge is 0.229 e. The first-order valence-corrected chi connectivity index (χ1v) is 12.1. The van der Waals surface area contributed by atoms with Gasteiger partial charge in [0.25, 0.3) is 0 Å². The van der Waals surface area contributed by atoms with Crippen molar-refractivity contribution in [3.8, 4) is 11.5 Å². The van der Waals surface area contributed by atoms with Crippen LogP contribution in [0.5, 0.6) is 0 Å². The van der Waals surface area contributed by atoms with Crippen molar-refractivity contribution in [3.05, 3.63) is 84.3 Å². The van der Waals surface area contributed by atoms with E-state index in [-0.39, 0.29) is 11.7 Å². The second-order valence-corrected chi connectivity index (χ2v) is 9.00. The number of nitrogens with zero attached hydrogens (tertiary/aromatic N) is 6. The van der Waals surface area contributed by atoms with Crippen LogP contribution >= 0.6 is 0 Å². The van der Waals surface area contributed by atoms with Gasteiger partial charge in [0.1, 0.15) is 22.8 Å². The lowest BCUT2D eigenvalue weighted by Gasteiger charge is -2.25. The molecule has 0 atom stereocenters. The van der Waals surface area contributed by atoms with Crippen LogP contribution in [0.4, 0.5) is 23.3 Å². The number of nitrogens with one attached hydrogen (secondary N) is 3. The number of anilines is 4. The zero-order valence-electron chi connectivity index (χ0n) is 20.2. The lowest BCUT2D eigenvalue weighted by molar-refractivity contribution is -0.123. The van der Waals surface area contributed by atoms with Gasteiger partial charge < -0.3 is 16.0 Å². The molecule has 1 aromatic carbocycles. The number of aryl methyl sites for hydroxylation is 1. The second-order valence-electron chi connectivity index (χ2n) is 9.00. The van der Waals surface area contributed by atoms with Crippen molar-refractivity contribution in [1.82, 2.24) is 34.9 Å². The zero-order valence-corrected chi connectivity index (χ0v) is 20.2. The van der Waals surface area contributed by atoms with Crippen molar-refractivity contribution >= 4 is 34.6 Å². The third kappa shape index (κ3) is 5.00. The molecule has 0 amide bonds. The summed E-state index contributed by atoms with van der Waals surface area (Å²) < 4.78 is 1.77. The second kappa shape index (κ2) is 9.75. The zero-order chi connectivity index (χ0) is 25.2. The van der Waals surface area contributed by atoms with Crippen molar-refractivity contribution in [2.45, 2.75) is 13.3 Å². The van der Waals surface area contributed by atoms with Gasteiger partial charge in [0.15, 0.2) is 5.82 Å². The Balaban J connectivity index is 1.20. The number of carbonyl (C=O) groups is 1. The minimum absolute atomic E-state index is 0.147. The molecule has 10 heteroatoms. The molecule has 4 aromatic heterocycles. The van der Waals surface area contributed by atoms with Crippen LogP contribution < -0.4 is 16.0 Å². The van der Waals surface area contributed by atoms with Crippen molar-refractivity contribution in [3.63, 3.8) is 0 Å². The van der Waals surface area contributed by atoms with E-state index < -0.39 is 0 Å². The van der Waals surface area contributed by atoms with Crippen LogP contribution in [0.3, 0.4) is 0 Å². The van der Waals surface area contributed by atoms with Crippen molar-refractivity contribution in [1.29, 1.82) is 0 Å². The molecule has 0 aliphatic carbocycles. The fraction of sp³-hybridized carbons (Fsp3) is 0.185. The third-order valence-electron chi connectivity index (χ3n) is 6.24. The van der Waals surface area contributed by atoms with Crippen molar-refractivity contribution < 1.29 is 4.79 Å². The Kier molecular flexibility index (Phi) is 5.99. The van der Waals surface area contributed by atoms with Crippen LogP contribution in [0.25, 0.3) is 17.0 Å². The van der Waals surface area contributed by atoms with E-state index in [1.807, 2.05) is 67.7 Å². The molecule has 37 heavy (non-hydrogen) atoms. The Bertz CT molecular complexity index is 1570. The molecule has 0 saturated carbocycles. The fourth-order valence-electron chi connectivity index (χ4n) is 4.11. The van der Waals surface area contributed by atoms with Crippen molar-refractivity contribution in [2.24, 2.45) is 5.92 Å². The predicted molar refractivity (Wildman–Crippen MR) is 141 cm³/mol. The largest absolute Gasteiger partial charge is 0.324 e. The molecule has 3 N–H and O–H groups in total. The number of aromatic nitrogens is 6. The highest BCUT2D eigenvalue weighted by molar-refractivity contribution is 5.84. The molecule has 0 spiro atoms. The molecule has 5 aromatic rings. The van der Waals surface area contributed by atoms with E-state index in [0.717, 1.165) is 35.6 Å². The number of ketones is 1. The lowest BCUT2D eigenvalue weighted by Crippen LogP contribution is -2.47. The third-order valence-corrected chi connectivity index (χ3v) is 6.24. The molecule has 0 bridgehead atoms. The summed E-state index contributed by atoms with van der Waals surface area (Å²) in [6.07, 6.45) is 4.00. The van der Waals surface area contributed by atoms with E-state index >= 15 is 0 Å². The monoisotopic (exact) mass is 491 g/mol. The number of Topliss-reactive ketones (excluding diaryl/α,β-unsaturated/α-hetero) is 1. The van der Waals surface area contributed by atoms with Gasteiger partial charge in [0.05, 0.1) is 0 Å². The number of fused-ring (bicyclic) bond motifs is 1. The summed E-state index contributed by atoms with van der Waals surface area (Å²) in [5, 5.41) is 14.3. The molecule has 0 unspecified atom stereocenters. The Morgan fingerprint density at radius 3 is 2.65 bits per heavy atom. The quantitative estimate of drug-likeness (QED) is 0.298. The van der Waals surface area contributed by atoms with Gasteiger partial charge in [-0.1, -0.05) is 18.2 Å². The SMILES string of the molecule is Cc1cccc(-c2nc(Nc3ccnc(Nc4ccc(CC(=O)C5CNC5)cc4)n3)c3cccn3n2)n1. The van der Waals surface area contributed by atoms with Crippen LogP contribution in [0.1, 0.15) is 11.3 Å². The summed E-state index contributed by atoms with van der Waals surface area (Å²) in [5.41, 5.74) is 4.23. The standard InChI is InChI=1S/C27H25N9O/c1-17-4-2-5-21(30-17)25-34-26(22-6-3-13-36(22)35-25)32-24-11-12-29-27(33-24)31-20-9-7-18(8-10-20)14-23(37)19-15-28-16-19/h2-13,19,28H,14-16H2,1H3,(H2,29,31,32,33,34,35). The lowest BCUT2D eigenvalue weighted by atomic mass is 9.93. The number of carbonyl (C=O) groups excluding carboxylic acids is 1. The minimum Gasteiger partial charge on any atom is -0.324 e. The summed E-state index contributed by atoms with van der Waals surface area (Å²) in [6, 6.07) is 19.2. The van der Waals surface area contributed by atoms with E-state index in [4.69, 9.17) is 4.98 Å². The Hall–Kier alpha value is -4.70. The van der Waals surface area contributed by atoms with Gasteiger partial charge in [-0.3, -0.25) is 4.79 Å². The Labute approximate surface area is 213 Å².